The summed E-state index contributed by atoms with van der Waals surface area (Å²) in [5.74, 6) is 1.20. The Bertz CT molecular complexity index is 605. The second-order valence-corrected chi connectivity index (χ2v) is 5.13. The van der Waals surface area contributed by atoms with Gasteiger partial charge in [-0.3, -0.25) is 0 Å². The Kier molecular flexibility index (Phi) is 3.21. The van der Waals surface area contributed by atoms with Crippen molar-refractivity contribution in [1.29, 1.82) is 0 Å². The second kappa shape index (κ2) is 4.87. The van der Waals surface area contributed by atoms with Gasteiger partial charge in [-0.2, -0.15) is 5.10 Å². The van der Waals surface area contributed by atoms with Gasteiger partial charge in [0.15, 0.2) is 0 Å². The maximum absolute atomic E-state index is 9.24. The molecule has 3 rings (SSSR count). The number of aliphatic hydroxyl groups is 1. The summed E-state index contributed by atoms with van der Waals surface area (Å²) in [5.41, 5.74) is 2.73. The summed E-state index contributed by atoms with van der Waals surface area (Å²) in [6.07, 6.45) is 2.36. The predicted octanol–water partition coefficient (Wildman–Crippen LogP) is 2.90. The Morgan fingerprint density at radius 1 is 1.42 bits per heavy atom. The molecule has 0 radical (unpaired) electrons. The number of hydrogen-bond acceptors (Lipinski definition) is 3. The van der Waals surface area contributed by atoms with E-state index in [-0.39, 0.29) is 6.61 Å². The molecule has 1 N–H and O–H groups in total. The van der Waals surface area contributed by atoms with Crippen molar-refractivity contribution in [3.8, 4) is 11.4 Å². The van der Waals surface area contributed by atoms with Crippen molar-refractivity contribution in [2.75, 3.05) is 7.11 Å². The SMILES string of the molecule is COc1ccc(-n2nc(CO)cc2C2CC2)cc1Cl. The van der Waals surface area contributed by atoms with Crippen LogP contribution in [0.15, 0.2) is 24.3 Å². The lowest BCUT2D eigenvalue weighted by molar-refractivity contribution is 0.276. The summed E-state index contributed by atoms with van der Waals surface area (Å²) in [5, 5.41) is 14.2. The van der Waals surface area contributed by atoms with Gasteiger partial charge in [0.25, 0.3) is 0 Å². The number of aromatic nitrogens is 2. The molecule has 1 aliphatic carbocycles. The number of hydrogen-bond donors (Lipinski definition) is 1. The third-order valence-corrected chi connectivity index (χ3v) is 3.62. The fourth-order valence-corrected chi connectivity index (χ4v) is 2.44. The maximum atomic E-state index is 9.24. The van der Waals surface area contributed by atoms with Crippen LogP contribution >= 0.6 is 11.6 Å². The first-order valence-corrected chi connectivity index (χ1v) is 6.64. The van der Waals surface area contributed by atoms with E-state index in [0.717, 1.165) is 11.4 Å². The summed E-state index contributed by atoms with van der Waals surface area (Å²) in [6, 6.07) is 7.55. The molecule has 0 unspecified atom stereocenters. The van der Waals surface area contributed by atoms with Crippen molar-refractivity contribution in [2.24, 2.45) is 0 Å². The average Bonchev–Trinajstić information content (AvgIpc) is 3.18. The molecule has 5 heteroatoms. The first kappa shape index (κ1) is 12.5. The van der Waals surface area contributed by atoms with Crippen LogP contribution in [0.3, 0.4) is 0 Å². The molecule has 1 aromatic heterocycles. The van der Waals surface area contributed by atoms with Gasteiger partial charge in [0.1, 0.15) is 5.75 Å². The summed E-state index contributed by atoms with van der Waals surface area (Å²) in [4.78, 5) is 0. The third-order valence-electron chi connectivity index (χ3n) is 3.33. The Hall–Kier alpha value is -1.52. The smallest absolute Gasteiger partial charge is 0.137 e. The molecule has 1 aliphatic rings. The van der Waals surface area contributed by atoms with Crippen molar-refractivity contribution in [3.63, 3.8) is 0 Å². The molecule has 1 aromatic carbocycles. The van der Waals surface area contributed by atoms with Crippen molar-refractivity contribution in [1.82, 2.24) is 9.78 Å². The van der Waals surface area contributed by atoms with Crippen LogP contribution in [0.5, 0.6) is 5.75 Å². The van der Waals surface area contributed by atoms with Gasteiger partial charge in [-0.15, -0.1) is 0 Å². The third kappa shape index (κ3) is 2.33. The number of ether oxygens (including phenoxy) is 1. The van der Waals surface area contributed by atoms with E-state index in [1.54, 1.807) is 7.11 Å². The fraction of sp³-hybridized carbons (Fsp3) is 0.357. The molecule has 19 heavy (non-hydrogen) atoms. The molecule has 1 heterocycles. The lowest BCUT2D eigenvalue weighted by Gasteiger charge is -2.09. The van der Waals surface area contributed by atoms with Crippen LogP contribution in [-0.2, 0) is 6.61 Å². The monoisotopic (exact) mass is 278 g/mol. The van der Waals surface area contributed by atoms with E-state index >= 15 is 0 Å². The highest BCUT2D eigenvalue weighted by molar-refractivity contribution is 6.32. The molecule has 0 saturated heterocycles. The summed E-state index contributed by atoms with van der Waals surface area (Å²) < 4.78 is 7.02. The number of nitrogens with zero attached hydrogens (tertiary/aromatic N) is 2. The lowest BCUT2D eigenvalue weighted by Crippen LogP contribution is -2.02. The average molecular weight is 279 g/mol. The van der Waals surface area contributed by atoms with E-state index in [2.05, 4.69) is 5.10 Å². The quantitative estimate of drug-likeness (QED) is 0.935. The van der Waals surface area contributed by atoms with Crippen molar-refractivity contribution >= 4 is 11.6 Å². The summed E-state index contributed by atoms with van der Waals surface area (Å²) in [6.45, 7) is -0.0450. The molecule has 1 fully saturated rings. The van der Waals surface area contributed by atoms with E-state index in [1.165, 1.54) is 12.8 Å². The molecule has 0 spiro atoms. The highest BCUT2D eigenvalue weighted by Gasteiger charge is 2.28. The van der Waals surface area contributed by atoms with Crippen molar-refractivity contribution < 1.29 is 9.84 Å². The minimum Gasteiger partial charge on any atom is -0.495 e. The molecule has 100 valence electrons. The number of aliphatic hydroxyl groups excluding tert-OH is 1. The van der Waals surface area contributed by atoms with Gasteiger partial charge >= 0.3 is 0 Å². The van der Waals surface area contributed by atoms with E-state index in [4.69, 9.17) is 16.3 Å². The van der Waals surface area contributed by atoms with Crippen LogP contribution in [0.4, 0.5) is 0 Å². The molecular formula is C14H15ClN2O2. The van der Waals surface area contributed by atoms with E-state index < -0.39 is 0 Å². The van der Waals surface area contributed by atoms with Crippen molar-refractivity contribution in [2.45, 2.75) is 25.4 Å². The second-order valence-electron chi connectivity index (χ2n) is 4.72. The topological polar surface area (TPSA) is 47.3 Å². The van der Waals surface area contributed by atoms with Crippen LogP contribution in [0.25, 0.3) is 5.69 Å². The summed E-state index contributed by atoms with van der Waals surface area (Å²) >= 11 is 6.15. The van der Waals surface area contributed by atoms with Crippen molar-refractivity contribution in [3.05, 3.63) is 40.7 Å². The molecule has 4 nitrogen and oxygen atoms in total. The molecule has 0 aliphatic heterocycles. The van der Waals surface area contributed by atoms with E-state index in [1.807, 2.05) is 28.9 Å². The normalized spacial score (nSPS) is 14.7. The number of methoxy groups -OCH3 is 1. The maximum Gasteiger partial charge on any atom is 0.137 e. The Labute approximate surface area is 116 Å². The standard InChI is InChI=1S/C14H15ClN2O2/c1-19-14-5-4-11(7-12(14)15)17-13(9-2-3-9)6-10(8-18)16-17/h4-7,9,18H,2-3,8H2,1H3. The highest BCUT2D eigenvalue weighted by atomic mass is 35.5. The van der Waals surface area contributed by atoms with Gasteiger partial charge in [-0.25, -0.2) is 4.68 Å². The number of halogens is 1. The minimum atomic E-state index is -0.0450. The molecule has 2 aromatic rings. The van der Waals surface area contributed by atoms with Crippen LogP contribution in [-0.4, -0.2) is 22.0 Å². The highest BCUT2D eigenvalue weighted by Crippen LogP contribution is 2.41. The van der Waals surface area contributed by atoms with Crippen LogP contribution in [0.1, 0.15) is 30.1 Å². The predicted molar refractivity (Wildman–Crippen MR) is 73.0 cm³/mol. The number of rotatable bonds is 4. The van der Waals surface area contributed by atoms with Gasteiger partial charge in [0.2, 0.25) is 0 Å². The Morgan fingerprint density at radius 3 is 2.79 bits per heavy atom. The molecule has 0 bridgehead atoms. The van der Waals surface area contributed by atoms with Gasteiger partial charge < -0.3 is 9.84 Å². The number of benzene rings is 1. The van der Waals surface area contributed by atoms with Crippen LogP contribution in [0, 0.1) is 0 Å². The molecule has 0 atom stereocenters. The van der Waals surface area contributed by atoms with Gasteiger partial charge in [0.05, 0.1) is 30.1 Å². The zero-order valence-corrected chi connectivity index (χ0v) is 11.4. The molecule has 1 saturated carbocycles. The largest absolute Gasteiger partial charge is 0.495 e. The zero-order chi connectivity index (χ0) is 13.4. The lowest BCUT2D eigenvalue weighted by atomic mass is 10.2. The minimum absolute atomic E-state index is 0.0450. The fourth-order valence-electron chi connectivity index (χ4n) is 2.19. The van der Waals surface area contributed by atoms with Gasteiger partial charge in [-0.05, 0) is 37.1 Å². The van der Waals surface area contributed by atoms with Gasteiger partial charge in [-0.1, -0.05) is 11.6 Å². The molecule has 0 amide bonds. The van der Waals surface area contributed by atoms with Gasteiger partial charge in [0, 0.05) is 11.6 Å². The van der Waals surface area contributed by atoms with E-state index in [9.17, 15) is 5.11 Å². The zero-order valence-electron chi connectivity index (χ0n) is 10.6. The summed E-state index contributed by atoms with van der Waals surface area (Å²) in [7, 11) is 1.59. The Morgan fingerprint density at radius 2 is 2.21 bits per heavy atom. The van der Waals surface area contributed by atoms with E-state index in [0.29, 0.717) is 22.4 Å². The van der Waals surface area contributed by atoms with Crippen LogP contribution in [0.2, 0.25) is 5.02 Å². The van der Waals surface area contributed by atoms with Crippen LogP contribution < -0.4 is 4.74 Å². The Balaban J connectivity index is 2.05. The first-order chi connectivity index (χ1) is 9.22. The first-order valence-electron chi connectivity index (χ1n) is 6.26. The molecular weight excluding hydrogens is 264 g/mol.